The number of fused-ring (bicyclic) bond motifs is 1. The number of rotatable bonds is 4. The molecule has 21 heavy (non-hydrogen) atoms. The molecule has 4 rings (SSSR count). The predicted octanol–water partition coefficient (Wildman–Crippen LogP) is 0.855. The van der Waals surface area contributed by atoms with E-state index in [1.54, 1.807) is 0 Å². The van der Waals surface area contributed by atoms with E-state index in [4.69, 9.17) is 4.74 Å². The van der Waals surface area contributed by atoms with Gasteiger partial charge in [-0.2, -0.15) is 9.61 Å². The SMILES string of the molecule is O=C(CCc1nn2c(C3CC3)nnc2s1)N1CCOCC1. The largest absolute Gasteiger partial charge is 0.378 e. The van der Waals surface area contributed by atoms with Crippen LogP contribution >= 0.6 is 11.3 Å². The summed E-state index contributed by atoms with van der Waals surface area (Å²) in [5.74, 6) is 1.70. The van der Waals surface area contributed by atoms with E-state index in [0.29, 0.717) is 45.1 Å². The molecular weight excluding hydrogens is 290 g/mol. The Morgan fingerprint density at radius 3 is 2.86 bits per heavy atom. The number of hydrogen-bond donors (Lipinski definition) is 0. The van der Waals surface area contributed by atoms with Crippen LogP contribution in [0.3, 0.4) is 0 Å². The van der Waals surface area contributed by atoms with Crippen LogP contribution < -0.4 is 0 Å². The Morgan fingerprint density at radius 1 is 1.29 bits per heavy atom. The van der Waals surface area contributed by atoms with E-state index in [1.165, 1.54) is 24.2 Å². The van der Waals surface area contributed by atoms with Crippen LogP contribution in [0.5, 0.6) is 0 Å². The second kappa shape index (κ2) is 5.34. The summed E-state index contributed by atoms with van der Waals surface area (Å²) in [4.78, 5) is 14.8. The Bertz CT molecular complexity index is 657. The van der Waals surface area contributed by atoms with Crippen LogP contribution in [0.2, 0.25) is 0 Å². The lowest BCUT2D eigenvalue weighted by atomic mass is 10.2. The van der Waals surface area contributed by atoms with Gasteiger partial charge in [0.15, 0.2) is 5.82 Å². The van der Waals surface area contributed by atoms with Crippen molar-refractivity contribution in [3.05, 3.63) is 10.8 Å². The van der Waals surface area contributed by atoms with Crippen molar-refractivity contribution in [3.63, 3.8) is 0 Å². The highest BCUT2D eigenvalue weighted by Crippen LogP contribution is 2.39. The number of nitrogens with zero attached hydrogens (tertiary/aromatic N) is 5. The van der Waals surface area contributed by atoms with Crippen LogP contribution in [0.1, 0.15) is 36.0 Å². The highest BCUT2D eigenvalue weighted by molar-refractivity contribution is 7.16. The van der Waals surface area contributed by atoms with Crippen LogP contribution in [0, 0.1) is 0 Å². The standard InChI is InChI=1S/C13H17N5O2S/c19-11(17-5-7-20-8-6-17)4-3-10-16-18-12(9-1-2-9)14-15-13(18)21-10/h9H,1-8H2. The van der Waals surface area contributed by atoms with Crippen molar-refractivity contribution in [2.75, 3.05) is 26.3 Å². The number of ether oxygens (including phenoxy) is 1. The first-order valence-corrected chi connectivity index (χ1v) is 8.19. The number of aromatic nitrogens is 4. The van der Waals surface area contributed by atoms with E-state index in [0.717, 1.165) is 15.8 Å². The lowest BCUT2D eigenvalue weighted by Gasteiger charge is -2.26. The minimum atomic E-state index is 0.187. The van der Waals surface area contributed by atoms with E-state index < -0.39 is 0 Å². The average Bonchev–Trinajstić information content (AvgIpc) is 3.16. The van der Waals surface area contributed by atoms with Gasteiger partial charge in [0.05, 0.1) is 13.2 Å². The van der Waals surface area contributed by atoms with Crippen molar-refractivity contribution in [1.29, 1.82) is 0 Å². The van der Waals surface area contributed by atoms with Crippen molar-refractivity contribution in [1.82, 2.24) is 24.7 Å². The van der Waals surface area contributed by atoms with E-state index in [-0.39, 0.29) is 5.91 Å². The average molecular weight is 307 g/mol. The Morgan fingerprint density at radius 2 is 2.10 bits per heavy atom. The van der Waals surface area contributed by atoms with Gasteiger partial charge in [0, 0.05) is 31.8 Å². The molecule has 0 N–H and O–H groups in total. The van der Waals surface area contributed by atoms with Crippen LogP contribution in [0.4, 0.5) is 0 Å². The zero-order chi connectivity index (χ0) is 14.2. The lowest BCUT2D eigenvalue weighted by molar-refractivity contribution is -0.135. The fourth-order valence-electron chi connectivity index (χ4n) is 2.55. The van der Waals surface area contributed by atoms with Crippen LogP contribution in [0.25, 0.3) is 4.96 Å². The number of aryl methyl sites for hydroxylation is 1. The zero-order valence-electron chi connectivity index (χ0n) is 11.7. The molecule has 0 spiro atoms. The van der Waals surface area contributed by atoms with Crippen LogP contribution in [-0.2, 0) is 16.0 Å². The van der Waals surface area contributed by atoms with E-state index in [9.17, 15) is 4.79 Å². The normalized spacial score (nSPS) is 19.3. The van der Waals surface area contributed by atoms with Crippen LogP contribution in [0.15, 0.2) is 0 Å². The van der Waals surface area contributed by atoms with Gasteiger partial charge in [0.2, 0.25) is 10.9 Å². The van der Waals surface area contributed by atoms with Gasteiger partial charge in [-0.3, -0.25) is 4.79 Å². The van der Waals surface area contributed by atoms with Gasteiger partial charge in [-0.15, -0.1) is 10.2 Å². The maximum absolute atomic E-state index is 12.1. The topological polar surface area (TPSA) is 72.6 Å². The fraction of sp³-hybridized carbons (Fsp3) is 0.692. The Balaban J connectivity index is 1.41. The van der Waals surface area contributed by atoms with Gasteiger partial charge < -0.3 is 9.64 Å². The van der Waals surface area contributed by atoms with Crippen molar-refractivity contribution in [3.8, 4) is 0 Å². The summed E-state index contributed by atoms with van der Waals surface area (Å²) in [7, 11) is 0. The van der Waals surface area contributed by atoms with E-state index in [1.807, 2.05) is 9.42 Å². The first-order valence-electron chi connectivity index (χ1n) is 7.38. The Hall–Kier alpha value is -1.54. The molecule has 2 aromatic rings. The highest BCUT2D eigenvalue weighted by Gasteiger charge is 2.30. The van der Waals surface area contributed by atoms with Crippen LogP contribution in [-0.4, -0.2) is 56.9 Å². The monoisotopic (exact) mass is 307 g/mol. The number of morpholine rings is 1. The molecule has 0 radical (unpaired) electrons. The maximum atomic E-state index is 12.1. The Labute approximate surface area is 125 Å². The summed E-state index contributed by atoms with van der Waals surface area (Å²) >= 11 is 1.53. The van der Waals surface area contributed by atoms with Gasteiger partial charge in [-0.05, 0) is 12.8 Å². The molecule has 2 aliphatic rings. The summed E-state index contributed by atoms with van der Waals surface area (Å²) in [5.41, 5.74) is 0. The molecule has 1 amide bonds. The molecule has 2 aromatic heterocycles. The molecule has 7 nitrogen and oxygen atoms in total. The summed E-state index contributed by atoms with van der Waals surface area (Å²) in [6.45, 7) is 2.70. The van der Waals surface area contributed by atoms with E-state index in [2.05, 4.69) is 15.3 Å². The molecule has 112 valence electrons. The summed E-state index contributed by atoms with van der Waals surface area (Å²) in [6.07, 6.45) is 3.55. The van der Waals surface area contributed by atoms with E-state index >= 15 is 0 Å². The molecule has 0 atom stereocenters. The minimum absolute atomic E-state index is 0.187. The second-order valence-electron chi connectivity index (χ2n) is 5.52. The van der Waals surface area contributed by atoms with Crippen molar-refractivity contribution in [2.24, 2.45) is 0 Å². The highest BCUT2D eigenvalue weighted by atomic mass is 32.1. The quantitative estimate of drug-likeness (QED) is 0.837. The molecule has 0 bridgehead atoms. The smallest absolute Gasteiger partial charge is 0.234 e. The third-order valence-corrected chi connectivity index (χ3v) is 4.87. The predicted molar refractivity (Wildman–Crippen MR) is 76.4 cm³/mol. The first kappa shape index (κ1) is 13.1. The molecule has 0 aromatic carbocycles. The molecule has 1 aliphatic carbocycles. The second-order valence-corrected chi connectivity index (χ2v) is 6.56. The Kier molecular flexibility index (Phi) is 3.34. The molecule has 1 saturated carbocycles. The summed E-state index contributed by atoms with van der Waals surface area (Å²) < 4.78 is 7.12. The minimum Gasteiger partial charge on any atom is -0.378 e. The molecule has 1 aliphatic heterocycles. The lowest BCUT2D eigenvalue weighted by Crippen LogP contribution is -2.40. The summed E-state index contributed by atoms with van der Waals surface area (Å²) in [6, 6.07) is 0. The van der Waals surface area contributed by atoms with Gasteiger partial charge >= 0.3 is 0 Å². The van der Waals surface area contributed by atoms with Crippen molar-refractivity contribution >= 4 is 22.2 Å². The van der Waals surface area contributed by atoms with Gasteiger partial charge in [0.1, 0.15) is 5.01 Å². The molecule has 8 heteroatoms. The fourth-order valence-corrected chi connectivity index (χ4v) is 3.39. The molecular formula is C13H17N5O2S. The van der Waals surface area contributed by atoms with Gasteiger partial charge in [-0.25, -0.2) is 0 Å². The number of carbonyl (C=O) groups excluding carboxylic acids is 1. The van der Waals surface area contributed by atoms with Gasteiger partial charge in [-0.1, -0.05) is 11.3 Å². The van der Waals surface area contributed by atoms with Gasteiger partial charge in [0.25, 0.3) is 0 Å². The van der Waals surface area contributed by atoms with Crippen molar-refractivity contribution < 1.29 is 9.53 Å². The number of hydrogen-bond acceptors (Lipinski definition) is 6. The first-order chi connectivity index (χ1) is 10.3. The third kappa shape index (κ3) is 2.65. The third-order valence-electron chi connectivity index (χ3n) is 3.92. The number of amides is 1. The number of carbonyl (C=O) groups is 1. The maximum Gasteiger partial charge on any atom is 0.234 e. The molecule has 2 fully saturated rings. The summed E-state index contributed by atoms with van der Waals surface area (Å²) in [5, 5.41) is 13.9. The molecule has 3 heterocycles. The molecule has 1 saturated heterocycles. The zero-order valence-corrected chi connectivity index (χ0v) is 12.5. The van der Waals surface area contributed by atoms with Crippen molar-refractivity contribution in [2.45, 2.75) is 31.6 Å². The molecule has 0 unspecified atom stereocenters.